The van der Waals surface area contributed by atoms with E-state index in [4.69, 9.17) is 9.84 Å². The van der Waals surface area contributed by atoms with Crippen molar-refractivity contribution in [1.82, 2.24) is 4.90 Å². The zero-order valence-electron chi connectivity index (χ0n) is 10.6. The Balaban J connectivity index is 1.79. The summed E-state index contributed by atoms with van der Waals surface area (Å²) in [6, 6.07) is 0. The van der Waals surface area contributed by atoms with Crippen LogP contribution in [0, 0.1) is 17.3 Å². The molecule has 94 valence electrons. The minimum absolute atomic E-state index is 0.346. The van der Waals surface area contributed by atoms with Gasteiger partial charge in [0.15, 0.2) is 0 Å². The average molecular weight is 227 g/mol. The van der Waals surface area contributed by atoms with Gasteiger partial charge in [-0.1, -0.05) is 13.8 Å². The van der Waals surface area contributed by atoms with E-state index in [0.29, 0.717) is 12.0 Å². The molecule has 16 heavy (non-hydrogen) atoms. The van der Waals surface area contributed by atoms with Crippen LogP contribution in [0.25, 0.3) is 0 Å². The number of hydrogen-bond acceptors (Lipinski definition) is 3. The monoisotopic (exact) mass is 227 g/mol. The molecule has 0 radical (unpaired) electrons. The van der Waals surface area contributed by atoms with Gasteiger partial charge in [-0.3, -0.25) is 4.90 Å². The summed E-state index contributed by atoms with van der Waals surface area (Å²) in [6.45, 7) is 10.3. The van der Waals surface area contributed by atoms with Gasteiger partial charge in [-0.05, 0) is 30.1 Å². The molecule has 0 aromatic rings. The van der Waals surface area contributed by atoms with E-state index in [1.54, 1.807) is 0 Å². The summed E-state index contributed by atoms with van der Waals surface area (Å²) < 4.78 is 5.37. The van der Waals surface area contributed by atoms with Crippen LogP contribution in [0.3, 0.4) is 0 Å². The van der Waals surface area contributed by atoms with Crippen LogP contribution < -0.4 is 0 Å². The Labute approximate surface area is 98.8 Å². The highest BCUT2D eigenvalue weighted by Gasteiger charge is 2.47. The Bertz CT molecular complexity index is 224. The van der Waals surface area contributed by atoms with Gasteiger partial charge in [-0.2, -0.15) is 0 Å². The van der Waals surface area contributed by atoms with E-state index < -0.39 is 0 Å². The fourth-order valence-electron chi connectivity index (χ4n) is 3.17. The average Bonchev–Trinajstić information content (AvgIpc) is 2.29. The quantitative estimate of drug-likeness (QED) is 0.787. The molecule has 2 atom stereocenters. The van der Waals surface area contributed by atoms with Crippen molar-refractivity contribution in [2.45, 2.75) is 26.7 Å². The van der Waals surface area contributed by atoms with Gasteiger partial charge in [0.05, 0.1) is 13.2 Å². The molecule has 0 bridgehead atoms. The van der Waals surface area contributed by atoms with E-state index in [2.05, 4.69) is 18.7 Å². The van der Waals surface area contributed by atoms with Crippen LogP contribution in [0.1, 0.15) is 26.7 Å². The molecule has 0 aromatic carbocycles. The van der Waals surface area contributed by atoms with E-state index in [1.165, 1.54) is 13.0 Å². The van der Waals surface area contributed by atoms with Gasteiger partial charge in [-0.15, -0.1) is 0 Å². The van der Waals surface area contributed by atoms with Crippen LogP contribution >= 0.6 is 0 Å². The van der Waals surface area contributed by atoms with Crippen LogP contribution in [0.4, 0.5) is 0 Å². The summed E-state index contributed by atoms with van der Waals surface area (Å²) in [7, 11) is 0. The maximum absolute atomic E-state index is 9.01. The first-order valence-electron chi connectivity index (χ1n) is 6.55. The second kappa shape index (κ2) is 5.03. The van der Waals surface area contributed by atoms with Crippen molar-refractivity contribution in [3.05, 3.63) is 0 Å². The van der Waals surface area contributed by atoms with Crippen molar-refractivity contribution in [3.63, 3.8) is 0 Å². The van der Waals surface area contributed by atoms with Crippen molar-refractivity contribution in [2.75, 3.05) is 39.5 Å². The first-order chi connectivity index (χ1) is 7.64. The normalized spacial score (nSPS) is 34.7. The lowest BCUT2D eigenvalue weighted by molar-refractivity contribution is -0.0648. The molecular weight excluding hydrogens is 202 g/mol. The first-order valence-corrected chi connectivity index (χ1v) is 6.55. The minimum Gasteiger partial charge on any atom is -0.396 e. The largest absolute Gasteiger partial charge is 0.396 e. The van der Waals surface area contributed by atoms with E-state index in [-0.39, 0.29) is 0 Å². The summed E-state index contributed by atoms with van der Waals surface area (Å²) in [6.07, 6.45) is 2.28. The summed E-state index contributed by atoms with van der Waals surface area (Å²) in [5.41, 5.74) is 0.418. The minimum atomic E-state index is 0.346. The van der Waals surface area contributed by atoms with Crippen molar-refractivity contribution in [1.29, 1.82) is 0 Å². The third-order valence-electron chi connectivity index (χ3n) is 4.73. The second-order valence-electron chi connectivity index (χ2n) is 5.88. The van der Waals surface area contributed by atoms with Gasteiger partial charge in [0.1, 0.15) is 0 Å². The fraction of sp³-hybridized carbons (Fsp3) is 1.00. The molecule has 0 spiro atoms. The molecule has 3 heteroatoms. The predicted octanol–water partition coefficient (Wildman–Crippen LogP) is 1.36. The number of nitrogens with zero attached hydrogens (tertiary/aromatic N) is 1. The van der Waals surface area contributed by atoms with Crippen LogP contribution in [0.2, 0.25) is 0 Å². The van der Waals surface area contributed by atoms with Crippen LogP contribution in [0.15, 0.2) is 0 Å². The molecule has 2 fully saturated rings. The van der Waals surface area contributed by atoms with Crippen molar-refractivity contribution in [3.8, 4) is 0 Å². The molecule has 0 amide bonds. The standard InChI is InChI=1S/C13H25NO2/c1-13(2)11(3-6-15)9-12(13)10-14-4-7-16-8-5-14/h11-12,15H,3-10H2,1-2H3/t11-,12-/m0/s1. The number of hydrogen-bond donors (Lipinski definition) is 1. The lowest BCUT2D eigenvalue weighted by atomic mass is 9.54. The summed E-state index contributed by atoms with van der Waals surface area (Å²) in [5.74, 6) is 1.53. The van der Waals surface area contributed by atoms with Crippen molar-refractivity contribution >= 4 is 0 Å². The van der Waals surface area contributed by atoms with Gasteiger partial charge >= 0.3 is 0 Å². The number of morpholine rings is 1. The van der Waals surface area contributed by atoms with Crippen LogP contribution in [-0.4, -0.2) is 49.5 Å². The van der Waals surface area contributed by atoms with Crippen LogP contribution in [0.5, 0.6) is 0 Å². The van der Waals surface area contributed by atoms with Crippen molar-refractivity contribution < 1.29 is 9.84 Å². The molecule has 0 aromatic heterocycles. The molecule has 1 N–H and O–H groups in total. The first kappa shape index (κ1) is 12.3. The summed E-state index contributed by atoms with van der Waals surface area (Å²) in [5, 5.41) is 9.01. The second-order valence-corrected chi connectivity index (χ2v) is 5.88. The number of rotatable bonds is 4. The molecule has 1 aliphatic heterocycles. The van der Waals surface area contributed by atoms with Gasteiger partial charge in [0.2, 0.25) is 0 Å². The van der Waals surface area contributed by atoms with Gasteiger partial charge in [-0.25, -0.2) is 0 Å². The zero-order valence-corrected chi connectivity index (χ0v) is 10.6. The molecule has 3 nitrogen and oxygen atoms in total. The highest BCUT2D eigenvalue weighted by molar-refractivity contribution is 4.97. The van der Waals surface area contributed by atoms with E-state index in [9.17, 15) is 0 Å². The third kappa shape index (κ3) is 2.41. The Kier molecular flexibility index (Phi) is 3.88. The predicted molar refractivity (Wildman–Crippen MR) is 64.3 cm³/mol. The maximum Gasteiger partial charge on any atom is 0.0594 e. The van der Waals surface area contributed by atoms with Crippen LogP contribution in [-0.2, 0) is 4.74 Å². The van der Waals surface area contributed by atoms with E-state index in [1.807, 2.05) is 0 Å². The van der Waals surface area contributed by atoms with Gasteiger partial charge in [0.25, 0.3) is 0 Å². The number of aliphatic hydroxyl groups excluding tert-OH is 1. The molecular formula is C13H25NO2. The zero-order chi connectivity index (χ0) is 11.6. The van der Waals surface area contributed by atoms with Gasteiger partial charge in [0, 0.05) is 26.2 Å². The molecule has 2 aliphatic rings. The third-order valence-corrected chi connectivity index (χ3v) is 4.73. The Morgan fingerprint density at radius 2 is 1.94 bits per heavy atom. The fourth-order valence-corrected chi connectivity index (χ4v) is 3.17. The maximum atomic E-state index is 9.01. The Morgan fingerprint density at radius 1 is 1.25 bits per heavy atom. The molecule has 1 aliphatic carbocycles. The SMILES string of the molecule is CC1(C)[C@@H](CCO)C[C@H]1CN1CCOCC1. The summed E-state index contributed by atoms with van der Waals surface area (Å²) in [4.78, 5) is 2.53. The highest BCUT2D eigenvalue weighted by Crippen LogP contribution is 2.52. The molecule has 0 unspecified atom stereocenters. The summed E-state index contributed by atoms with van der Waals surface area (Å²) >= 11 is 0. The topological polar surface area (TPSA) is 32.7 Å². The van der Waals surface area contributed by atoms with E-state index >= 15 is 0 Å². The highest BCUT2D eigenvalue weighted by atomic mass is 16.5. The number of ether oxygens (including phenoxy) is 1. The van der Waals surface area contributed by atoms with Crippen molar-refractivity contribution in [2.24, 2.45) is 17.3 Å². The lowest BCUT2D eigenvalue weighted by Crippen LogP contribution is -2.52. The molecule has 1 saturated carbocycles. The smallest absolute Gasteiger partial charge is 0.0594 e. The molecule has 2 rings (SSSR count). The molecule has 1 heterocycles. The lowest BCUT2D eigenvalue weighted by Gasteiger charge is -2.54. The van der Waals surface area contributed by atoms with E-state index in [0.717, 1.165) is 44.6 Å². The Morgan fingerprint density at radius 3 is 2.50 bits per heavy atom. The van der Waals surface area contributed by atoms with Gasteiger partial charge < -0.3 is 9.84 Å². The number of aliphatic hydroxyl groups is 1. The Hall–Kier alpha value is -0.120. The molecule has 1 saturated heterocycles.